The van der Waals surface area contributed by atoms with E-state index in [0.29, 0.717) is 24.4 Å². The average molecular weight is 272 g/mol. The third-order valence-corrected chi connectivity index (χ3v) is 3.44. The van der Waals surface area contributed by atoms with Crippen LogP contribution < -0.4 is 5.32 Å². The number of hydrogen-bond acceptors (Lipinski definition) is 3. The van der Waals surface area contributed by atoms with Crippen LogP contribution in [0.25, 0.3) is 0 Å². The maximum Gasteiger partial charge on any atom is 0.0791 e. The van der Waals surface area contributed by atoms with E-state index >= 15 is 0 Å². The highest BCUT2D eigenvalue weighted by atomic mass is 16.3. The Balaban J connectivity index is 4.21. The summed E-state index contributed by atoms with van der Waals surface area (Å²) in [7, 11) is 0. The van der Waals surface area contributed by atoms with Crippen molar-refractivity contribution in [1.29, 1.82) is 0 Å². The van der Waals surface area contributed by atoms with E-state index in [9.17, 15) is 5.11 Å². The number of aliphatic hydroxyl groups is 1. The molecule has 0 aliphatic rings. The smallest absolute Gasteiger partial charge is 0.0791 e. The standard InChI is InChI=1S/C16H36N2O/c1-7-15(8-2)18(11-14(5)6)12-16(19)10-17-9-13(3)4/h13-17,19H,7-12H2,1-6H3. The topological polar surface area (TPSA) is 35.5 Å². The van der Waals surface area contributed by atoms with Crippen LogP contribution >= 0.6 is 0 Å². The lowest BCUT2D eigenvalue weighted by atomic mass is 10.1. The molecule has 0 aliphatic heterocycles. The van der Waals surface area contributed by atoms with Crippen molar-refractivity contribution in [3.63, 3.8) is 0 Å². The van der Waals surface area contributed by atoms with Gasteiger partial charge in [-0.25, -0.2) is 0 Å². The van der Waals surface area contributed by atoms with Crippen molar-refractivity contribution in [3.05, 3.63) is 0 Å². The van der Waals surface area contributed by atoms with Gasteiger partial charge in [0, 0.05) is 25.7 Å². The van der Waals surface area contributed by atoms with Gasteiger partial charge in [0.05, 0.1) is 6.10 Å². The second-order valence-electron chi connectivity index (χ2n) is 6.52. The van der Waals surface area contributed by atoms with Gasteiger partial charge >= 0.3 is 0 Å². The fourth-order valence-corrected chi connectivity index (χ4v) is 2.52. The van der Waals surface area contributed by atoms with Crippen molar-refractivity contribution in [2.24, 2.45) is 11.8 Å². The van der Waals surface area contributed by atoms with Gasteiger partial charge in [-0.2, -0.15) is 0 Å². The quantitative estimate of drug-likeness (QED) is 0.607. The number of aliphatic hydroxyl groups excluding tert-OH is 1. The molecule has 3 nitrogen and oxygen atoms in total. The highest BCUT2D eigenvalue weighted by Crippen LogP contribution is 2.12. The van der Waals surface area contributed by atoms with Gasteiger partial charge in [-0.05, 0) is 31.2 Å². The minimum Gasteiger partial charge on any atom is -0.390 e. The highest BCUT2D eigenvalue weighted by Gasteiger charge is 2.19. The van der Waals surface area contributed by atoms with E-state index in [0.717, 1.165) is 32.5 Å². The Kier molecular flexibility index (Phi) is 10.6. The minimum absolute atomic E-state index is 0.266. The molecule has 0 aliphatic carbocycles. The fraction of sp³-hybridized carbons (Fsp3) is 1.00. The second-order valence-corrected chi connectivity index (χ2v) is 6.52. The first-order valence-corrected chi connectivity index (χ1v) is 8.03. The third kappa shape index (κ3) is 9.42. The lowest BCUT2D eigenvalue weighted by Crippen LogP contribution is -2.45. The molecule has 0 radical (unpaired) electrons. The normalized spacial score (nSPS) is 14.1. The van der Waals surface area contributed by atoms with E-state index in [1.807, 2.05) is 0 Å². The summed E-state index contributed by atoms with van der Waals surface area (Å²) in [6.07, 6.45) is 2.06. The van der Waals surface area contributed by atoms with E-state index in [4.69, 9.17) is 0 Å². The van der Waals surface area contributed by atoms with E-state index in [1.54, 1.807) is 0 Å². The van der Waals surface area contributed by atoms with Crippen LogP contribution in [0, 0.1) is 11.8 Å². The first kappa shape index (κ1) is 18.9. The molecule has 0 saturated carbocycles. The SMILES string of the molecule is CCC(CC)N(CC(C)C)CC(O)CNCC(C)C. The monoisotopic (exact) mass is 272 g/mol. The minimum atomic E-state index is -0.266. The predicted octanol–water partition coefficient (Wildman–Crippen LogP) is 2.74. The Hall–Kier alpha value is -0.120. The fourth-order valence-electron chi connectivity index (χ4n) is 2.52. The van der Waals surface area contributed by atoms with E-state index in [1.165, 1.54) is 0 Å². The van der Waals surface area contributed by atoms with Crippen molar-refractivity contribution >= 4 is 0 Å². The van der Waals surface area contributed by atoms with E-state index in [2.05, 4.69) is 51.8 Å². The predicted molar refractivity (Wildman–Crippen MR) is 84.5 cm³/mol. The van der Waals surface area contributed by atoms with Crippen molar-refractivity contribution in [2.45, 2.75) is 66.5 Å². The summed E-state index contributed by atoms with van der Waals surface area (Å²) in [5.74, 6) is 1.29. The van der Waals surface area contributed by atoms with Crippen molar-refractivity contribution in [2.75, 3.05) is 26.2 Å². The molecule has 0 aromatic carbocycles. The van der Waals surface area contributed by atoms with Gasteiger partial charge in [0.1, 0.15) is 0 Å². The zero-order chi connectivity index (χ0) is 14.8. The lowest BCUT2D eigenvalue weighted by Gasteiger charge is -2.33. The molecule has 0 heterocycles. The molecule has 0 bridgehead atoms. The zero-order valence-electron chi connectivity index (χ0n) is 13.9. The molecule has 2 N–H and O–H groups in total. The van der Waals surface area contributed by atoms with Gasteiger partial charge in [0.15, 0.2) is 0 Å². The molecule has 19 heavy (non-hydrogen) atoms. The molecule has 1 atom stereocenters. The van der Waals surface area contributed by atoms with Crippen molar-refractivity contribution in [1.82, 2.24) is 10.2 Å². The molecule has 3 heteroatoms. The lowest BCUT2D eigenvalue weighted by molar-refractivity contribution is 0.0746. The summed E-state index contributed by atoms with van der Waals surface area (Å²) >= 11 is 0. The van der Waals surface area contributed by atoms with Gasteiger partial charge in [-0.1, -0.05) is 41.5 Å². The molecule has 0 fully saturated rings. The Labute approximate surface area is 120 Å². The van der Waals surface area contributed by atoms with Crippen molar-refractivity contribution in [3.8, 4) is 0 Å². The summed E-state index contributed by atoms with van der Waals surface area (Å²) in [4.78, 5) is 2.46. The zero-order valence-corrected chi connectivity index (χ0v) is 13.9. The summed E-state index contributed by atoms with van der Waals surface area (Å²) in [5, 5.41) is 13.5. The molecule has 116 valence electrons. The number of rotatable bonds is 11. The van der Waals surface area contributed by atoms with Crippen LogP contribution in [0.5, 0.6) is 0 Å². The van der Waals surface area contributed by atoms with Gasteiger partial charge in [0.25, 0.3) is 0 Å². The summed E-state index contributed by atoms with van der Waals surface area (Å²) < 4.78 is 0. The molecule has 0 aromatic rings. The van der Waals surface area contributed by atoms with Crippen LogP contribution in [0.1, 0.15) is 54.4 Å². The Morgan fingerprint density at radius 2 is 1.47 bits per heavy atom. The van der Waals surface area contributed by atoms with Crippen molar-refractivity contribution < 1.29 is 5.11 Å². The molecule has 0 rings (SSSR count). The maximum atomic E-state index is 10.2. The van der Waals surface area contributed by atoms with Crippen LogP contribution in [-0.4, -0.2) is 48.3 Å². The average Bonchev–Trinajstić information content (AvgIpc) is 2.28. The molecule has 0 saturated heterocycles. The van der Waals surface area contributed by atoms with E-state index in [-0.39, 0.29) is 6.10 Å². The molecule has 1 unspecified atom stereocenters. The van der Waals surface area contributed by atoms with Gasteiger partial charge < -0.3 is 10.4 Å². The Morgan fingerprint density at radius 3 is 1.89 bits per heavy atom. The molecule has 0 amide bonds. The Morgan fingerprint density at radius 1 is 0.895 bits per heavy atom. The Bertz CT molecular complexity index is 203. The third-order valence-electron chi connectivity index (χ3n) is 3.44. The largest absolute Gasteiger partial charge is 0.390 e. The molecule has 0 spiro atoms. The van der Waals surface area contributed by atoms with Gasteiger partial charge in [0.2, 0.25) is 0 Å². The first-order chi connectivity index (χ1) is 8.90. The second kappa shape index (κ2) is 10.6. The number of hydrogen-bond donors (Lipinski definition) is 2. The summed E-state index contributed by atoms with van der Waals surface area (Å²) in [6, 6.07) is 0.599. The highest BCUT2D eigenvalue weighted by molar-refractivity contribution is 4.75. The van der Waals surface area contributed by atoms with Gasteiger partial charge in [-0.3, -0.25) is 4.90 Å². The van der Waals surface area contributed by atoms with Crippen LogP contribution in [0.2, 0.25) is 0 Å². The first-order valence-electron chi connectivity index (χ1n) is 8.03. The number of nitrogens with zero attached hydrogens (tertiary/aromatic N) is 1. The maximum absolute atomic E-state index is 10.2. The summed E-state index contributed by atoms with van der Waals surface area (Å²) in [6.45, 7) is 16.9. The molecule has 0 aromatic heterocycles. The summed E-state index contributed by atoms with van der Waals surface area (Å²) in [5.41, 5.74) is 0. The van der Waals surface area contributed by atoms with Crippen LogP contribution in [0.4, 0.5) is 0 Å². The molecular formula is C16H36N2O. The van der Waals surface area contributed by atoms with E-state index < -0.39 is 0 Å². The van der Waals surface area contributed by atoms with Crippen LogP contribution in [0.15, 0.2) is 0 Å². The van der Waals surface area contributed by atoms with Crippen LogP contribution in [0.3, 0.4) is 0 Å². The van der Waals surface area contributed by atoms with Crippen LogP contribution in [-0.2, 0) is 0 Å². The molecular weight excluding hydrogens is 236 g/mol. The van der Waals surface area contributed by atoms with Gasteiger partial charge in [-0.15, -0.1) is 0 Å². The number of nitrogens with one attached hydrogen (secondary N) is 1.